The van der Waals surface area contributed by atoms with Crippen LogP contribution in [0.2, 0.25) is 0 Å². The van der Waals surface area contributed by atoms with Crippen molar-refractivity contribution in [2.75, 3.05) is 24.1 Å². The molecule has 0 spiro atoms. The molecule has 22 heavy (non-hydrogen) atoms. The number of anilines is 2. The van der Waals surface area contributed by atoms with Crippen LogP contribution in [0.1, 0.15) is 22.5 Å². The maximum absolute atomic E-state index is 12.2. The third-order valence-electron chi connectivity index (χ3n) is 3.63. The molecule has 0 bridgehead atoms. The van der Waals surface area contributed by atoms with Crippen molar-refractivity contribution in [1.29, 1.82) is 0 Å². The Labute approximate surface area is 129 Å². The van der Waals surface area contributed by atoms with Gasteiger partial charge in [-0.25, -0.2) is 0 Å². The number of nitrogens with two attached hydrogens (primary N) is 1. The third-order valence-corrected chi connectivity index (χ3v) is 3.63. The molecule has 0 fully saturated rings. The number of nitrogens with one attached hydrogen (secondary N) is 2. The smallest absolute Gasteiger partial charge is 0.257 e. The summed E-state index contributed by atoms with van der Waals surface area (Å²) >= 11 is 0. The molecule has 3 rings (SSSR count). The van der Waals surface area contributed by atoms with Crippen molar-refractivity contribution in [2.45, 2.75) is 6.42 Å². The van der Waals surface area contributed by atoms with Gasteiger partial charge < -0.3 is 16.4 Å². The Kier molecular flexibility index (Phi) is 4.16. The van der Waals surface area contributed by atoms with Crippen LogP contribution in [0.15, 0.2) is 48.7 Å². The van der Waals surface area contributed by atoms with Gasteiger partial charge in [0.2, 0.25) is 0 Å². The molecule has 2 heterocycles. The second-order valence-corrected chi connectivity index (χ2v) is 5.16. The Morgan fingerprint density at radius 2 is 2.09 bits per heavy atom. The fraction of sp³-hybridized carbons (Fsp3) is 0.176. The predicted octanol–water partition coefficient (Wildman–Crippen LogP) is 2.29. The average Bonchev–Trinajstić information content (AvgIpc) is 2.58. The molecule has 5 nitrogen and oxygen atoms in total. The molecule has 1 aromatic heterocycles. The van der Waals surface area contributed by atoms with Crippen LogP contribution in [0.4, 0.5) is 11.4 Å². The number of carbonyl (C=O) groups is 1. The van der Waals surface area contributed by atoms with Gasteiger partial charge in [-0.2, -0.15) is 0 Å². The van der Waals surface area contributed by atoms with Crippen LogP contribution in [0.5, 0.6) is 0 Å². The Morgan fingerprint density at radius 3 is 2.77 bits per heavy atom. The van der Waals surface area contributed by atoms with E-state index in [0.717, 1.165) is 25.2 Å². The molecule has 112 valence electrons. The largest absolute Gasteiger partial charge is 0.397 e. The lowest BCUT2D eigenvalue weighted by Crippen LogP contribution is -2.20. The molecule has 4 N–H and O–H groups in total. The van der Waals surface area contributed by atoms with Crippen molar-refractivity contribution in [2.24, 2.45) is 0 Å². The van der Waals surface area contributed by atoms with Crippen LogP contribution in [-0.2, 0) is 0 Å². The van der Waals surface area contributed by atoms with Gasteiger partial charge in [-0.3, -0.25) is 9.78 Å². The summed E-state index contributed by atoms with van der Waals surface area (Å²) in [6, 6.07) is 10.9. The van der Waals surface area contributed by atoms with E-state index in [1.807, 2.05) is 18.2 Å². The predicted molar refractivity (Wildman–Crippen MR) is 88.5 cm³/mol. The molecule has 1 amide bonds. The topological polar surface area (TPSA) is 80.0 Å². The molecule has 2 aromatic rings. The van der Waals surface area contributed by atoms with Crippen molar-refractivity contribution in [3.63, 3.8) is 0 Å². The summed E-state index contributed by atoms with van der Waals surface area (Å²) < 4.78 is 0. The Bertz CT molecular complexity index is 707. The lowest BCUT2D eigenvalue weighted by molar-refractivity contribution is 0.102. The first-order valence-corrected chi connectivity index (χ1v) is 7.26. The zero-order chi connectivity index (χ0) is 15.4. The number of nitrogen functional groups attached to an aromatic ring is 1. The summed E-state index contributed by atoms with van der Waals surface area (Å²) in [5.74, 6) is -0.212. The van der Waals surface area contributed by atoms with Crippen molar-refractivity contribution in [3.05, 3.63) is 59.9 Å². The highest BCUT2D eigenvalue weighted by molar-refractivity contribution is 6.05. The first-order valence-electron chi connectivity index (χ1n) is 7.26. The summed E-state index contributed by atoms with van der Waals surface area (Å²) in [6.45, 7) is 1.83. The second kappa shape index (κ2) is 6.41. The first kappa shape index (κ1) is 14.3. The number of hydrogen-bond donors (Lipinski definition) is 3. The lowest BCUT2D eigenvalue weighted by atomic mass is 10.0. The lowest BCUT2D eigenvalue weighted by Gasteiger charge is -2.13. The summed E-state index contributed by atoms with van der Waals surface area (Å²) in [7, 11) is 0. The van der Waals surface area contributed by atoms with E-state index in [-0.39, 0.29) is 5.91 Å². The molecule has 5 heteroatoms. The number of rotatable bonds is 3. The maximum atomic E-state index is 12.2. The van der Waals surface area contributed by atoms with Gasteiger partial charge in [-0.05, 0) is 42.8 Å². The third kappa shape index (κ3) is 3.15. The molecule has 0 saturated carbocycles. The Morgan fingerprint density at radius 1 is 1.23 bits per heavy atom. The van der Waals surface area contributed by atoms with Gasteiger partial charge in [0.05, 0.1) is 22.6 Å². The highest BCUT2D eigenvalue weighted by atomic mass is 16.1. The minimum atomic E-state index is -0.212. The Hall–Kier alpha value is -2.66. The molecule has 0 radical (unpaired) electrons. The number of amides is 1. The van der Waals surface area contributed by atoms with E-state index in [2.05, 4.69) is 21.7 Å². The van der Waals surface area contributed by atoms with E-state index >= 15 is 0 Å². The second-order valence-electron chi connectivity index (χ2n) is 5.16. The minimum absolute atomic E-state index is 0.212. The number of para-hydroxylation sites is 2. The number of pyridine rings is 1. The highest BCUT2D eigenvalue weighted by Gasteiger charge is 2.11. The fourth-order valence-corrected chi connectivity index (χ4v) is 2.38. The van der Waals surface area contributed by atoms with E-state index in [4.69, 9.17) is 5.73 Å². The fourth-order valence-electron chi connectivity index (χ4n) is 2.38. The van der Waals surface area contributed by atoms with Gasteiger partial charge >= 0.3 is 0 Å². The highest BCUT2D eigenvalue weighted by Crippen LogP contribution is 2.20. The van der Waals surface area contributed by atoms with Crippen molar-refractivity contribution < 1.29 is 4.79 Å². The van der Waals surface area contributed by atoms with Crippen LogP contribution in [-0.4, -0.2) is 24.0 Å². The van der Waals surface area contributed by atoms with Gasteiger partial charge in [-0.15, -0.1) is 0 Å². The van der Waals surface area contributed by atoms with Crippen LogP contribution in [0.25, 0.3) is 5.57 Å². The van der Waals surface area contributed by atoms with Gasteiger partial charge in [0.25, 0.3) is 5.91 Å². The number of nitrogens with zero attached hydrogens (tertiary/aromatic N) is 1. The van der Waals surface area contributed by atoms with Gasteiger partial charge in [-0.1, -0.05) is 18.2 Å². The van der Waals surface area contributed by atoms with E-state index < -0.39 is 0 Å². The average molecular weight is 294 g/mol. The zero-order valence-corrected chi connectivity index (χ0v) is 12.2. The monoisotopic (exact) mass is 294 g/mol. The molecule has 0 aliphatic carbocycles. The number of carbonyl (C=O) groups excluding carboxylic acids is 1. The van der Waals surface area contributed by atoms with Crippen molar-refractivity contribution >= 4 is 22.9 Å². The normalized spacial score (nSPS) is 14.3. The maximum Gasteiger partial charge on any atom is 0.257 e. The van der Waals surface area contributed by atoms with Crippen molar-refractivity contribution in [3.8, 4) is 0 Å². The van der Waals surface area contributed by atoms with E-state index in [0.29, 0.717) is 16.9 Å². The van der Waals surface area contributed by atoms with Gasteiger partial charge in [0, 0.05) is 12.7 Å². The molecule has 0 atom stereocenters. The van der Waals surface area contributed by atoms with E-state index in [1.165, 1.54) is 5.57 Å². The quantitative estimate of drug-likeness (QED) is 0.759. The Balaban J connectivity index is 1.74. The number of benzene rings is 1. The SMILES string of the molecule is Nc1ccccc1NC(=O)c1ccc(C2=CCNCC2)nc1. The van der Waals surface area contributed by atoms with Gasteiger partial charge in [0.1, 0.15) is 0 Å². The number of hydrogen-bond acceptors (Lipinski definition) is 4. The molecule has 1 aliphatic rings. The molecular formula is C17H18N4O. The standard InChI is InChI=1S/C17H18N4O/c18-14-3-1-2-4-16(14)21-17(22)13-5-6-15(20-11-13)12-7-9-19-10-8-12/h1-7,11,19H,8-10,18H2,(H,21,22). The van der Waals surface area contributed by atoms with E-state index in [9.17, 15) is 4.79 Å². The summed E-state index contributed by atoms with van der Waals surface area (Å²) in [4.78, 5) is 16.6. The van der Waals surface area contributed by atoms with Crippen LogP contribution in [0, 0.1) is 0 Å². The zero-order valence-electron chi connectivity index (χ0n) is 12.2. The molecule has 0 saturated heterocycles. The van der Waals surface area contributed by atoms with Gasteiger partial charge in [0.15, 0.2) is 0 Å². The number of aromatic nitrogens is 1. The summed E-state index contributed by atoms with van der Waals surface area (Å²) in [5.41, 5.74) is 9.64. The van der Waals surface area contributed by atoms with Crippen LogP contribution in [0.3, 0.4) is 0 Å². The molecule has 1 aliphatic heterocycles. The summed E-state index contributed by atoms with van der Waals surface area (Å²) in [6.07, 6.45) is 4.70. The van der Waals surface area contributed by atoms with Crippen LogP contribution >= 0.6 is 0 Å². The van der Waals surface area contributed by atoms with Crippen LogP contribution < -0.4 is 16.4 Å². The van der Waals surface area contributed by atoms with E-state index in [1.54, 1.807) is 24.4 Å². The van der Waals surface area contributed by atoms with Crippen molar-refractivity contribution in [1.82, 2.24) is 10.3 Å². The summed E-state index contributed by atoms with van der Waals surface area (Å²) in [5, 5.41) is 6.06. The molecular weight excluding hydrogens is 276 g/mol. The minimum Gasteiger partial charge on any atom is -0.397 e. The molecule has 0 unspecified atom stereocenters. The molecule has 1 aromatic carbocycles. The first-order chi connectivity index (χ1) is 10.7.